The molecule has 5 nitrogen and oxygen atoms in total. The van der Waals surface area contributed by atoms with Gasteiger partial charge < -0.3 is 15.8 Å². The number of nitrogens with zero attached hydrogens (tertiary/aromatic N) is 2. The summed E-state index contributed by atoms with van der Waals surface area (Å²) >= 11 is 0. The van der Waals surface area contributed by atoms with Crippen molar-refractivity contribution in [2.45, 2.75) is 38.1 Å². The van der Waals surface area contributed by atoms with E-state index in [4.69, 9.17) is 10.5 Å². The smallest absolute Gasteiger partial charge is 0.193 e. The van der Waals surface area contributed by atoms with E-state index < -0.39 is 0 Å². The largest absolute Gasteiger partial charge is 0.383 e. The molecule has 0 atom stereocenters. The summed E-state index contributed by atoms with van der Waals surface area (Å²) in [5.74, 6) is 0.505. The van der Waals surface area contributed by atoms with E-state index in [0.717, 1.165) is 38.0 Å². The fraction of sp³-hybridized carbons (Fsp3) is 0.611. The standard InChI is InChI=1S/C18H28N4O.HI/c1-23-12-11-22(17-7-8-17)10-9-20-18(19)21-16-6-5-14-3-2-4-15(14)13-16;/h5-6,13,17H,2-4,7-12H2,1H3,(H3,19,20,21);1H. The fourth-order valence-corrected chi connectivity index (χ4v) is 3.26. The van der Waals surface area contributed by atoms with Gasteiger partial charge in [0.15, 0.2) is 5.96 Å². The summed E-state index contributed by atoms with van der Waals surface area (Å²) < 4.78 is 5.18. The Bertz CT molecular complexity index is 560. The van der Waals surface area contributed by atoms with Crippen LogP contribution in [0.1, 0.15) is 30.4 Å². The topological polar surface area (TPSA) is 62.9 Å². The summed E-state index contributed by atoms with van der Waals surface area (Å²) in [6.07, 6.45) is 6.25. The third-order valence-corrected chi connectivity index (χ3v) is 4.69. The number of aryl methyl sites for hydroxylation is 2. The molecule has 6 heteroatoms. The zero-order valence-electron chi connectivity index (χ0n) is 14.5. The molecular formula is C18H29IN4O. The molecule has 1 aromatic carbocycles. The zero-order chi connectivity index (χ0) is 16.1. The third-order valence-electron chi connectivity index (χ3n) is 4.69. The Labute approximate surface area is 162 Å². The first-order chi connectivity index (χ1) is 11.3. The lowest BCUT2D eigenvalue weighted by Gasteiger charge is -2.20. The second kappa shape index (κ2) is 9.58. The van der Waals surface area contributed by atoms with Crippen LogP contribution < -0.4 is 11.1 Å². The van der Waals surface area contributed by atoms with Gasteiger partial charge in [0.05, 0.1) is 13.2 Å². The number of hydrogen-bond donors (Lipinski definition) is 2. The average molecular weight is 444 g/mol. The highest BCUT2D eigenvalue weighted by Gasteiger charge is 2.28. The predicted octanol–water partition coefficient (Wildman–Crippen LogP) is 2.63. The number of hydrogen-bond acceptors (Lipinski definition) is 3. The summed E-state index contributed by atoms with van der Waals surface area (Å²) in [4.78, 5) is 6.93. The first-order valence-corrected chi connectivity index (χ1v) is 8.68. The number of ether oxygens (including phenoxy) is 1. The van der Waals surface area contributed by atoms with Crippen LogP contribution in [0.4, 0.5) is 5.69 Å². The van der Waals surface area contributed by atoms with Crippen LogP contribution in [0.2, 0.25) is 0 Å². The predicted molar refractivity (Wildman–Crippen MR) is 110 cm³/mol. The molecule has 1 saturated carbocycles. The van der Waals surface area contributed by atoms with Gasteiger partial charge in [0.25, 0.3) is 0 Å². The Morgan fingerprint density at radius 3 is 2.83 bits per heavy atom. The molecule has 0 bridgehead atoms. The van der Waals surface area contributed by atoms with Gasteiger partial charge in [-0.3, -0.25) is 9.89 Å². The molecule has 24 heavy (non-hydrogen) atoms. The Balaban J connectivity index is 0.00000208. The van der Waals surface area contributed by atoms with Crippen molar-refractivity contribution in [1.29, 1.82) is 0 Å². The minimum atomic E-state index is 0. The lowest BCUT2D eigenvalue weighted by Crippen LogP contribution is -2.33. The molecule has 3 N–H and O–H groups in total. The van der Waals surface area contributed by atoms with E-state index in [1.54, 1.807) is 7.11 Å². The van der Waals surface area contributed by atoms with E-state index in [-0.39, 0.29) is 24.0 Å². The number of rotatable bonds is 8. The molecule has 134 valence electrons. The quantitative estimate of drug-likeness (QED) is 0.368. The van der Waals surface area contributed by atoms with E-state index >= 15 is 0 Å². The van der Waals surface area contributed by atoms with Gasteiger partial charge in [0, 0.05) is 31.9 Å². The number of benzene rings is 1. The van der Waals surface area contributed by atoms with Gasteiger partial charge in [-0.15, -0.1) is 24.0 Å². The monoisotopic (exact) mass is 444 g/mol. The zero-order valence-corrected chi connectivity index (χ0v) is 16.8. The highest BCUT2D eigenvalue weighted by molar-refractivity contribution is 14.0. The molecule has 3 rings (SSSR count). The maximum absolute atomic E-state index is 6.02. The number of aliphatic imine (C=N–C) groups is 1. The number of methoxy groups -OCH3 is 1. The number of halogens is 1. The maximum Gasteiger partial charge on any atom is 0.193 e. The normalized spacial score (nSPS) is 16.8. The van der Waals surface area contributed by atoms with Crippen LogP contribution in [0.5, 0.6) is 0 Å². The molecule has 0 radical (unpaired) electrons. The van der Waals surface area contributed by atoms with Gasteiger partial charge in [0.1, 0.15) is 0 Å². The SMILES string of the molecule is COCCN(CCN=C(N)Nc1ccc2c(c1)CCC2)C1CC1.I. The molecule has 1 fully saturated rings. The molecule has 0 amide bonds. The Morgan fingerprint density at radius 1 is 1.29 bits per heavy atom. The van der Waals surface area contributed by atoms with Crippen LogP contribution in [0.25, 0.3) is 0 Å². The number of nitrogens with one attached hydrogen (secondary N) is 1. The highest BCUT2D eigenvalue weighted by Crippen LogP contribution is 2.26. The first kappa shape index (κ1) is 19.5. The van der Waals surface area contributed by atoms with Crippen LogP contribution in [-0.4, -0.2) is 50.3 Å². The van der Waals surface area contributed by atoms with Gasteiger partial charge in [0.2, 0.25) is 0 Å². The summed E-state index contributed by atoms with van der Waals surface area (Å²) in [5, 5.41) is 3.22. The summed E-state index contributed by atoms with van der Waals surface area (Å²) in [7, 11) is 1.75. The van der Waals surface area contributed by atoms with Crippen molar-refractivity contribution in [3.05, 3.63) is 29.3 Å². The van der Waals surface area contributed by atoms with Crippen LogP contribution >= 0.6 is 24.0 Å². The molecule has 0 heterocycles. The second-order valence-corrected chi connectivity index (χ2v) is 6.49. The van der Waals surface area contributed by atoms with E-state index in [1.165, 1.54) is 43.2 Å². The van der Waals surface area contributed by atoms with Crippen LogP contribution in [0, 0.1) is 0 Å². The van der Waals surface area contributed by atoms with Gasteiger partial charge in [-0.2, -0.15) is 0 Å². The van der Waals surface area contributed by atoms with Crippen LogP contribution in [-0.2, 0) is 17.6 Å². The van der Waals surface area contributed by atoms with Crippen molar-refractivity contribution >= 4 is 35.6 Å². The van der Waals surface area contributed by atoms with Crippen molar-refractivity contribution in [1.82, 2.24) is 4.90 Å². The van der Waals surface area contributed by atoms with Crippen molar-refractivity contribution < 1.29 is 4.74 Å². The summed E-state index contributed by atoms with van der Waals surface area (Å²) in [5.41, 5.74) is 9.99. The second-order valence-electron chi connectivity index (χ2n) is 6.49. The van der Waals surface area contributed by atoms with Crippen molar-refractivity contribution in [2.75, 3.05) is 38.7 Å². The molecule has 0 aliphatic heterocycles. The molecule has 0 saturated heterocycles. The van der Waals surface area contributed by atoms with E-state index in [9.17, 15) is 0 Å². The summed E-state index contributed by atoms with van der Waals surface area (Å²) in [6, 6.07) is 7.24. The molecule has 0 aromatic heterocycles. The Morgan fingerprint density at radius 2 is 2.08 bits per heavy atom. The number of fused-ring (bicyclic) bond motifs is 1. The molecule has 0 spiro atoms. The van der Waals surface area contributed by atoms with Gasteiger partial charge >= 0.3 is 0 Å². The minimum Gasteiger partial charge on any atom is -0.383 e. The van der Waals surface area contributed by atoms with Crippen molar-refractivity contribution in [3.8, 4) is 0 Å². The lowest BCUT2D eigenvalue weighted by molar-refractivity contribution is 0.145. The van der Waals surface area contributed by atoms with Crippen LogP contribution in [0.3, 0.4) is 0 Å². The molecular weight excluding hydrogens is 415 g/mol. The van der Waals surface area contributed by atoms with E-state index in [1.807, 2.05) is 0 Å². The highest BCUT2D eigenvalue weighted by atomic mass is 127. The van der Waals surface area contributed by atoms with Crippen molar-refractivity contribution in [3.63, 3.8) is 0 Å². The van der Waals surface area contributed by atoms with Gasteiger partial charge in [-0.1, -0.05) is 6.07 Å². The lowest BCUT2D eigenvalue weighted by atomic mass is 10.1. The summed E-state index contributed by atoms with van der Waals surface area (Å²) in [6.45, 7) is 3.43. The number of guanidine groups is 1. The molecule has 2 aliphatic rings. The number of anilines is 1. The first-order valence-electron chi connectivity index (χ1n) is 8.68. The third kappa shape index (κ3) is 5.60. The van der Waals surface area contributed by atoms with E-state index in [2.05, 4.69) is 33.4 Å². The minimum absolute atomic E-state index is 0. The van der Waals surface area contributed by atoms with Gasteiger partial charge in [-0.05, 0) is 55.4 Å². The average Bonchev–Trinajstić information content (AvgIpc) is 3.28. The van der Waals surface area contributed by atoms with E-state index in [0.29, 0.717) is 5.96 Å². The van der Waals surface area contributed by atoms with Gasteiger partial charge in [-0.25, -0.2) is 0 Å². The Hall–Kier alpha value is -0.860. The van der Waals surface area contributed by atoms with Crippen LogP contribution in [0.15, 0.2) is 23.2 Å². The maximum atomic E-state index is 6.02. The Kier molecular flexibility index (Phi) is 7.77. The molecule has 0 unspecified atom stereocenters. The molecule has 1 aromatic rings. The number of nitrogens with two attached hydrogens (primary N) is 1. The van der Waals surface area contributed by atoms with Crippen molar-refractivity contribution in [2.24, 2.45) is 10.7 Å². The molecule has 2 aliphatic carbocycles. The fourth-order valence-electron chi connectivity index (χ4n) is 3.26.